The Morgan fingerprint density at radius 1 is 0.946 bits per heavy atom. The molecule has 4 aromatic rings. The number of para-hydroxylation sites is 1. The number of amides is 2. The molecule has 0 radical (unpaired) electrons. The van der Waals surface area contributed by atoms with Gasteiger partial charge in [0.15, 0.2) is 5.69 Å². The molecule has 2 amide bonds. The Balaban J connectivity index is 1.11. The highest BCUT2D eigenvalue weighted by Crippen LogP contribution is 2.21. The number of H-pyrrole nitrogens is 1. The number of rotatable bonds is 7. The molecule has 1 saturated heterocycles. The van der Waals surface area contributed by atoms with Crippen LogP contribution in [-0.2, 0) is 4.79 Å². The van der Waals surface area contributed by atoms with Crippen molar-refractivity contribution in [1.82, 2.24) is 15.0 Å². The van der Waals surface area contributed by atoms with E-state index in [9.17, 15) is 9.59 Å². The molecule has 0 spiro atoms. The highest BCUT2D eigenvalue weighted by Gasteiger charge is 2.23. The summed E-state index contributed by atoms with van der Waals surface area (Å²) in [6, 6.07) is 25.1. The molecule has 1 fully saturated rings. The van der Waals surface area contributed by atoms with Crippen molar-refractivity contribution in [2.45, 2.75) is 5.16 Å². The molecule has 0 unspecified atom stereocenters. The first-order valence-corrected chi connectivity index (χ1v) is 13.7. The second kappa shape index (κ2) is 11.6. The number of benzene rings is 3. The summed E-state index contributed by atoms with van der Waals surface area (Å²) >= 11 is 4.78. The van der Waals surface area contributed by atoms with Crippen LogP contribution in [0.4, 0.5) is 11.4 Å². The zero-order chi connectivity index (χ0) is 25.6. The van der Waals surface area contributed by atoms with Crippen LogP contribution in [0.5, 0.6) is 0 Å². The largest absolute Gasteiger partial charge is 0.385 e. The molecule has 0 aliphatic carbocycles. The molecule has 188 valence electrons. The smallest absolute Gasteiger partial charge is 0.368 e. The number of nitrogens with one attached hydrogen (secondary N) is 2. The third-order valence-corrected chi connectivity index (χ3v) is 7.56. The molecule has 2 N–H and O–H groups in total. The van der Waals surface area contributed by atoms with Gasteiger partial charge in [0.1, 0.15) is 0 Å². The molecule has 37 heavy (non-hydrogen) atoms. The minimum absolute atomic E-state index is 0.0622. The molecule has 0 atom stereocenters. The summed E-state index contributed by atoms with van der Waals surface area (Å²) in [6.07, 6.45) is 1.61. The molecule has 8 nitrogen and oxygen atoms in total. The molecule has 10 heteroatoms. The predicted octanol–water partition coefficient (Wildman–Crippen LogP) is 4.14. The van der Waals surface area contributed by atoms with Gasteiger partial charge in [-0.1, -0.05) is 34.1 Å². The molecular weight excluding hydrogens is 552 g/mol. The normalized spacial score (nSPS) is 13.4. The third-order valence-electron chi connectivity index (χ3n) is 6.07. The minimum atomic E-state index is -0.0968. The number of carbonyl (C=O) groups is 2. The summed E-state index contributed by atoms with van der Waals surface area (Å²) in [5.74, 6) is 0.209. The summed E-state index contributed by atoms with van der Waals surface area (Å²) < 4.78 is 2.81. The first-order valence-electron chi connectivity index (χ1n) is 11.9. The van der Waals surface area contributed by atoms with Gasteiger partial charge < -0.3 is 15.1 Å². The van der Waals surface area contributed by atoms with E-state index in [4.69, 9.17) is 0 Å². The van der Waals surface area contributed by atoms with Crippen LogP contribution in [0.1, 0.15) is 10.4 Å². The van der Waals surface area contributed by atoms with Gasteiger partial charge in [0.25, 0.3) is 5.91 Å². The van der Waals surface area contributed by atoms with E-state index in [-0.39, 0.29) is 17.6 Å². The number of thioether (sulfide) groups is 1. The van der Waals surface area contributed by atoms with Crippen LogP contribution in [0.15, 0.2) is 94.8 Å². The van der Waals surface area contributed by atoms with Gasteiger partial charge >= 0.3 is 5.16 Å². The standard InChI is InChI=1S/C27H25BrN6O2S/c28-21-8-6-20(7-9-21)26(36)33-16-14-32(15-17-33)23-12-10-22(11-13-23)31-25(35)18-37-27-29-19-30-34(27)24-4-2-1-3-5-24/h1-13,19H,14-18H2,(H,31,35)/p+1. The van der Waals surface area contributed by atoms with Crippen molar-refractivity contribution in [1.29, 1.82) is 0 Å². The summed E-state index contributed by atoms with van der Waals surface area (Å²) in [7, 11) is 0. The number of carbonyl (C=O) groups excluding carboxylic acids is 2. The Morgan fingerprint density at radius 3 is 2.35 bits per heavy atom. The quantitative estimate of drug-likeness (QED) is 0.255. The zero-order valence-electron chi connectivity index (χ0n) is 20.0. The number of aromatic amines is 1. The van der Waals surface area contributed by atoms with E-state index in [1.54, 1.807) is 6.33 Å². The number of anilines is 2. The number of hydrogen-bond acceptors (Lipinski definition) is 5. The maximum absolute atomic E-state index is 12.8. The molecule has 5 rings (SSSR count). The van der Waals surface area contributed by atoms with Crippen molar-refractivity contribution >= 4 is 50.9 Å². The number of piperazine rings is 1. The summed E-state index contributed by atoms with van der Waals surface area (Å²) in [6.45, 7) is 2.85. The van der Waals surface area contributed by atoms with E-state index in [0.717, 1.165) is 39.8 Å². The zero-order valence-corrected chi connectivity index (χ0v) is 22.4. The topological polar surface area (TPSA) is 85.2 Å². The first kappa shape index (κ1) is 25.0. The lowest BCUT2D eigenvalue weighted by Crippen LogP contribution is -2.48. The molecule has 1 aliphatic rings. The van der Waals surface area contributed by atoms with Gasteiger partial charge in [0, 0.05) is 47.6 Å². The van der Waals surface area contributed by atoms with Crippen LogP contribution in [0.25, 0.3) is 5.69 Å². The van der Waals surface area contributed by atoms with E-state index in [2.05, 4.69) is 36.2 Å². The number of nitrogens with zero attached hydrogens (tertiary/aromatic N) is 4. The van der Waals surface area contributed by atoms with Gasteiger partial charge in [-0.2, -0.15) is 5.10 Å². The molecule has 0 bridgehead atoms. The Kier molecular flexibility index (Phi) is 7.86. The molecule has 3 aromatic carbocycles. The summed E-state index contributed by atoms with van der Waals surface area (Å²) in [5.41, 5.74) is 3.48. The molecule has 1 aliphatic heterocycles. The number of hydrogen-bond donors (Lipinski definition) is 2. The van der Waals surface area contributed by atoms with Crippen LogP contribution < -0.4 is 14.9 Å². The minimum Gasteiger partial charge on any atom is -0.368 e. The van der Waals surface area contributed by atoms with Crippen LogP contribution in [-0.4, -0.2) is 58.7 Å². The van der Waals surface area contributed by atoms with Crippen LogP contribution in [0.2, 0.25) is 0 Å². The van der Waals surface area contributed by atoms with Crippen molar-refractivity contribution in [2.75, 3.05) is 42.1 Å². The van der Waals surface area contributed by atoms with Crippen LogP contribution >= 0.6 is 27.7 Å². The fraction of sp³-hybridized carbons (Fsp3) is 0.185. The van der Waals surface area contributed by atoms with Gasteiger partial charge in [-0.25, -0.2) is 0 Å². The van der Waals surface area contributed by atoms with Gasteiger partial charge in [0.05, 0.1) is 5.75 Å². The Hall–Kier alpha value is -3.63. The van der Waals surface area contributed by atoms with Gasteiger partial charge in [-0.15, -0.1) is 4.68 Å². The lowest BCUT2D eigenvalue weighted by molar-refractivity contribution is -0.694. The highest BCUT2D eigenvalue weighted by atomic mass is 79.9. The maximum Gasteiger partial charge on any atom is 0.385 e. The van der Waals surface area contributed by atoms with Gasteiger partial charge in [0.2, 0.25) is 12.2 Å². The summed E-state index contributed by atoms with van der Waals surface area (Å²) in [5, 5.41) is 6.75. The first-order chi connectivity index (χ1) is 18.1. The maximum atomic E-state index is 12.8. The molecule has 0 saturated carbocycles. The van der Waals surface area contributed by atoms with E-state index in [1.807, 2.05) is 88.4 Å². The van der Waals surface area contributed by atoms with E-state index in [1.165, 1.54) is 11.8 Å². The third kappa shape index (κ3) is 6.20. The Morgan fingerprint density at radius 2 is 1.65 bits per heavy atom. The average Bonchev–Trinajstić information content (AvgIpc) is 3.42. The summed E-state index contributed by atoms with van der Waals surface area (Å²) in [4.78, 5) is 33.8. The van der Waals surface area contributed by atoms with E-state index >= 15 is 0 Å². The van der Waals surface area contributed by atoms with Crippen LogP contribution in [0, 0.1) is 0 Å². The van der Waals surface area contributed by atoms with Crippen LogP contribution in [0.3, 0.4) is 0 Å². The van der Waals surface area contributed by atoms with E-state index in [0.29, 0.717) is 18.7 Å². The second-order valence-corrected chi connectivity index (χ2v) is 10.4. The molecule has 2 heterocycles. The fourth-order valence-electron chi connectivity index (χ4n) is 4.14. The van der Waals surface area contributed by atoms with Gasteiger partial charge in [-0.05, 0) is 77.4 Å². The predicted molar refractivity (Wildman–Crippen MR) is 148 cm³/mol. The van der Waals surface area contributed by atoms with Crippen molar-refractivity contribution in [3.8, 4) is 5.69 Å². The van der Waals surface area contributed by atoms with E-state index < -0.39 is 0 Å². The highest BCUT2D eigenvalue weighted by molar-refractivity contribution is 9.10. The SMILES string of the molecule is O=C(CSc1nc[nH][n+]1-c1ccccc1)Nc1ccc(N2CCN(C(=O)c3ccc(Br)cc3)CC2)cc1. The molecule has 1 aromatic heterocycles. The van der Waals surface area contributed by atoms with Crippen molar-refractivity contribution in [2.24, 2.45) is 0 Å². The van der Waals surface area contributed by atoms with Gasteiger partial charge in [-0.3, -0.25) is 9.59 Å². The Bertz CT molecular complexity index is 1350. The number of aromatic nitrogens is 3. The fourth-order valence-corrected chi connectivity index (χ4v) is 5.16. The average molecular weight is 579 g/mol. The van der Waals surface area contributed by atoms with Crippen molar-refractivity contribution < 1.29 is 14.3 Å². The monoisotopic (exact) mass is 577 g/mol. The number of halogens is 1. The Labute approximate surface area is 227 Å². The lowest BCUT2D eigenvalue weighted by Gasteiger charge is -2.36. The van der Waals surface area contributed by atoms with Crippen molar-refractivity contribution in [3.63, 3.8) is 0 Å². The second-order valence-electron chi connectivity index (χ2n) is 8.51. The lowest BCUT2D eigenvalue weighted by atomic mass is 10.1. The molecular formula is C27H26BrN6O2S+. The van der Waals surface area contributed by atoms with Crippen molar-refractivity contribution in [3.05, 3.63) is 95.2 Å².